The molecular weight excluding hydrogens is 396 g/mol. The fourth-order valence-corrected chi connectivity index (χ4v) is 4.93. The Morgan fingerprint density at radius 2 is 1.89 bits per heavy atom. The lowest BCUT2D eigenvalue weighted by Gasteiger charge is -2.05. The largest absolute Gasteiger partial charge is 0.264 e. The highest BCUT2D eigenvalue weighted by Gasteiger charge is 2.17. The number of thiophene rings is 1. The molecule has 0 aliphatic carbocycles. The van der Waals surface area contributed by atoms with Crippen LogP contribution in [0, 0.1) is 0 Å². The minimum Gasteiger partial charge on any atom is -0.264 e. The third-order valence-corrected chi connectivity index (χ3v) is 6.46. The highest BCUT2D eigenvalue weighted by Crippen LogP contribution is 2.40. The quantitative estimate of drug-likeness (QED) is 0.358. The van der Waals surface area contributed by atoms with Crippen molar-refractivity contribution < 1.29 is 0 Å². The molecule has 0 fully saturated rings. The van der Waals surface area contributed by atoms with Gasteiger partial charge < -0.3 is 0 Å². The summed E-state index contributed by atoms with van der Waals surface area (Å²) >= 11 is 9.68. The summed E-state index contributed by atoms with van der Waals surface area (Å²) in [4.78, 5) is 18.9. The van der Waals surface area contributed by atoms with Crippen LogP contribution in [0.2, 0.25) is 5.15 Å². The Bertz CT molecular complexity index is 1230. The molecule has 7 heteroatoms. The Morgan fingerprint density at radius 3 is 2.70 bits per heavy atom. The summed E-state index contributed by atoms with van der Waals surface area (Å²) in [5.41, 5.74) is 3.45. The highest BCUT2D eigenvalue weighted by atomic mass is 35.5. The molecule has 5 aromatic rings. The Labute approximate surface area is 168 Å². The maximum atomic E-state index is 6.48. The minimum atomic E-state index is 0.453. The van der Waals surface area contributed by atoms with Crippen LogP contribution in [-0.2, 0) is 0 Å². The first-order valence-corrected chi connectivity index (χ1v) is 10.2. The van der Waals surface area contributed by atoms with Gasteiger partial charge in [-0.15, -0.1) is 22.7 Å². The highest BCUT2D eigenvalue weighted by molar-refractivity contribution is 7.19. The van der Waals surface area contributed by atoms with Gasteiger partial charge in [-0.25, -0.2) is 9.97 Å². The van der Waals surface area contributed by atoms with E-state index in [9.17, 15) is 0 Å². The zero-order chi connectivity index (χ0) is 18.2. The second-order valence-corrected chi connectivity index (χ2v) is 8.09. The molecule has 5 aromatic heterocycles. The van der Waals surface area contributed by atoms with Crippen LogP contribution >= 0.6 is 34.3 Å². The third-order valence-electron chi connectivity index (χ3n) is 4.08. The molecule has 0 N–H and O–H groups in total. The van der Waals surface area contributed by atoms with Gasteiger partial charge in [0.2, 0.25) is 0 Å². The van der Waals surface area contributed by atoms with Gasteiger partial charge in [0.25, 0.3) is 0 Å². The summed E-state index contributed by atoms with van der Waals surface area (Å²) in [5.74, 6) is 0. The molecule has 0 bridgehead atoms. The summed E-state index contributed by atoms with van der Waals surface area (Å²) in [6.45, 7) is 0. The topological polar surface area (TPSA) is 51.6 Å². The van der Waals surface area contributed by atoms with Gasteiger partial charge in [-0.2, -0.15) is 0 Å². The minimum absolute atomic E-state index is 0.453. The first-order valence-electron chi connectivity index (χ1n) is 8.16. The Morgan fingerprint density at radius 1 is 0.926 bits per heavy atom. The maximum absolute atomic E-state index is 6.48. The van der Waals surface area contributed by atoms with Crippen molar-refractivity contribution >= 4 is 44.4 Å². The van der Waals surface area contributed by atoms with Crippen molar-refractivity contribution in [3.63, 3.8) is 0 Å². The lowest BCUT2D eigenvalue weighted by molar-refractivity contribution is 1.27. The maximum Gasteiger partial charge on any atom is 0.150 e. The van der Waals surface area contributed by atoms with E-state index in [0.717, 1.165) is 42.6 Å². The van der Waals surface area contributed by atoms with Crippen molar-refractivity contribution in [2.24, 2.45) is 0 Å². The second-order valence-electron chi connectivity index (χ2n) is 5.78. The number of rotatable bonds is 3. The molecule has 0 aliphatic heterocycles. The van der Waals surface area contributed by atoms with Crippen molar-refractivity contribution in [2.75, 3.05) is 0 Å². The number of fused-ring (bicyclic) bond motifs is 1. The molecule has 0 radical (unpaired) electrons. The van der Waals surface area contributed by atoms with Gasteiger partial charge in [-0.1, -0.05) is 17.7 Å². The standard InChI is InChI=1S/C20H11ClN4S2/c21-19-18(27-20(25-19)12-4-3-7-22-11-12)15-10-16-13(6-9-26-16)17(24-15)14-5-1-2-8-23-14/h1-11H. The molecule has 5 heterocycles. The Hall–Kier alpha value is -2.67. The molecule has 27 heavy (non-hydrogen) atoms. The van der Waals surface area contributed by atoms with Crippen LogP contribution in [-0.4, -0.2) is 19.9 Å². The van der Waals surface area contributed by atoms with E-state index < -0.39 is 0 Å². The number of thiazole rings is 1. The van der Waals surface area contributed by atoms with Crippen molar-refractivity contribution in [3.05, 3.63) is 71.6 Å². The molecule has 0 amide bonds. The molecule has 0 saturated carbocycles. The lowest BCUT2D eigenvalue weighted by atomic mass is 10.1. The van der Waals surface area contributed by atoms with Gasteiger partial charge >= 0.3 is 0 Å². The molecule has 0 saturated heterocycles. The number of aromatic nitrogens is 4. The van der Waals surface area contributed by atoms with Gasteiger partial charge in [0, 0.05) is 34.2 Å². The fraction of sp³-hybridized carbons (Fsp3) is 0. The zero-order valence-electron chi connectivity index (χ0n) is 13.8. The average Bonchev–Trinajstić information content (AvgIpc) is 3.35. The number of pyridine rings is 3. The zero-order valence-corrected chi connectivity index (χ0v) is 16.2. The first kappa shape index (κ1) is 16.5. The van der Waals surface area contributed by atoms with Gasteiger partial charge in [-0.3, -0.25) is 9.97 Å². The van der Waals surface area contributed by atoms with Gasteiger partial charge in [0.05, 0.1) is 22.0 Å². The van der Waals surface area contributed by atoms with E-state index in [0.29, 0.717) is 5.15 Å². The van der Waals surface area contributed by atoms with Crippen molar-refractivity contribution in [1.29, 1.82) is 0 Å². The summed E-state index contributed by atoms with van der Waals surface area (Å²) in [5, 5.41) is 4.44. The molecule has 0 atom stereocenters. The SMILES string of the molecule is Clc1nc(-c2cccnc2)sc1-c1cc2sccc2c(-c2ccccn2)n1. The summed E-state index contributed by atoms with van der Waals surface area (Å²) in [6, 6.07) is 13.8. The van der Waals surface area contributed by atoms with E-state index in [1.807, 2.05) is 30.3 Å². The predicted octanol–water partition coefficient (Wildman–Crippen LogP) is 6.20. The van der Waals surface area contributed by atoms with E-state index in [1.54, 1.807) is 29.9 Å². The van der Waals surface area contributed by atoms with E-state index >= 15 is 0 Å². The fourth-order valence-electron chi connectivity index (χ4n) is 2.85. The van der Waals surface area contributed by atoms with Crippen molar-refractivity contribution in [2.45, 2.75) is 0 Å². The second kappa shape index (κ2) is 6.81. The molecule has 4 nitrogen and oxygen atoms in total. The van der Waals surface area contributed by atoms with Crippen molar-refractivity contribution in [1.82, 2.24) is 19.9 Å². The Kier molecular flexibility index (Phi) is 4.16. The lowest BCUT2D eigenvalue weighted by Crippen LogP contribution is -1.90. The van der Waals surface area contributed by atoms with Crippen LogP contribution in [0.4, 0.5) is 0 Å². The summed E-state index contributed by atoms with van der Waals surface area (Å²) in [6.07, 6.45) is 5.31. The van der Waals surface area contributed by atoms with Crippen LogP contribution in [0.25, 0.3) is 42.6 Å². The first-order chi connectivity index (χ1) is 13.3. The Balaban J connectivity index is 1.69. The third kappa shape index (κ3) is 3.02. The molecule has 130 valence electrons. The summed E-state index contributed by atoms with van der Waals surface area (Å²) < 4.78 is 1.15. The van der Waals surface area contributed by atoms with Crippen LogP contribution in [0.3, 0.4) is 0 Å². The van der Waals surface area contributed by atoms with E-state index in [1.165, 1.54) is 11.3 Å². The predicted molar refractivity (Wildman–Crippen MR) is 112 cm³/mol. The summed E-state index contributed by atoms with van der Waals surface area (Å²) in [7, 11) is 0. The van der Waals surface area contributed by atoms with Crippen LogP contribution < -0.4 is 0 Å². The molecule has 0 aliphatic rings. The van der Waals surface area contributed by atoms with Gasteiger partial charge in [0.1, 0.15) is 10.2 Å². The normalized spacial score (nSPS) is 11.1. The van der Waals surface area contributed by atoms with Gasteiger partial charge in [0.15, 0.2) is 0 Å². The van der Waals surface area contributed by atoms with Crippen LogP contribution in [0.15, 0.2) is 66.4 Å². The van der Waals surface area contributed by atoms with E-state index in [-0.39, 0.29) is 0 Å². The number of nitrogens with zero attached hydrogens (tertiary/aromatic N) is 4. The monoisotopic (exact) mass is 406 g/mol. The van der Waals surface area contributed by atoms with Crippen molar-refractivity contribution in [3.8, 4) is 32.5 Å². The molecular formula is C20H11ClN4S2. The van der Waals surface area contributed by atoms with Gasteiger partial charge in [-0.05, 0) is 41.8 Å². The number of halogens is 1. The molecule has 0 unspecified atom stereocenters. The molecule has 5 rings (SSSR count). The molecule has 0 aromatic carbocycles. The molecule has 0 spiro atoms. The number of hydrogen-bond acceptors (Lipinski definition) is 6. The van der Waals surface area contributed by atoms with E-state index in [4.69, 9.17) is 16.6 Å². The van der Waals surface area contributed by atoms with E-state index in [2.05, 4.69) is 32.5 Å². The average molecular weight is 407 g/mol. The number of hydrogen-bond donors (Lipinski definition) is 0. The smallest absolute Gasteiger partial charge is 0.150 e. The van der Waals surface area contributed by atoms with Crippen LogP contribution in [0.5, 0.6) is 0 Å². The van der Waals surface area contributed by atoms with Crippen LogP contribution in [0.1, 0.15) is 0 Å².